The molecular formula is C22H26F3N3O3S2. The van der Waals surface area contributed by atoms with Crippen molar-refractivity contribution in [2.75, 3.05) is 18.5 Å². The Balaban J connectivity index is 1.55. The third-order valence-electron chi connectivity index (χ3n) is 5.98. The molecule has 1 unspecified atom stereocenters. The minimum absolute atomic E-state index is 0.129. The number of amides is 2. The van der Waals surface area contributed by atoms with Crippen LogP contribution in [0, 0.1) is 0 Å². The van der Waals surface area contributed by atoms with Crippen molar-refractivity contribution in [2.24, 2.45) is 0 Å². The summed E-state index contributed by atoms with van der Waals surface area (Å²) in [6.07, 6.45) is -1.22. The first-order valence-electron chi connectivity index (χ1n) is 11.0. The highest BCUT2D eigenvalue weighted by molar-refractivity contribution is 7.17. The molecule has 3 heterocycles. The Kier molecular flexibility index (Phi) is 7.01. The predicted molar refractivity (Wildman–Crippen MR) is 122 cm³/mol. The third-order valence-corrected chi connectivity index (χ3v) is 8.48. The number of urea groups is 1. The maximum atomic E-state index is 13.6. The fourth-order valence-electron chi connectivity index (χ4n) is 4.54. The molecule has 0 aromatic carbocycles. The Hall–Kier alpha value is -2.11. The van der Waals surface area contributed by atoms with Crippen molar-refractivity contribution in [1.29, 1.82) is 0 Å². The van der Waals surface area contributed by atoms with Crippen molar-refractivity contribution in [3.8, 4) is 0 Å². The Labute approximate surface area is 197 Å². The molecule has 180 valence electrons. The SMILES string of the molecule is CCOC(=O)c1c(NC(=O)NCc2c(C(F)(F)F)sc3c2CCNC3)sc2c1C(C)CCC2. The van der Waals surface area contributed by atoms with E-state index in [1.54, 1.807) is 6.92 Å². The monoisotopic (exact) mass is 501 g/mol. The van der Waals surface area contributed by atoms with Crippen LogP contribution in [0.15, 0.2) is 0 Å². The van der Waals surface area contributed by atoms with Gasteiger partial charge in [0.05, 0.1) is 12.2 Å². The molecule has 0 saturated carbocycles. The molecule has 11 heteroatoms. The van der Waals surface area contributed by atoms with Gasteiger partial charge in [0.2, 0.25) is 0 Å². The van der Waals surface area contributed by atoms with Crippen LogP contribution < -0.4 is 16.0 Å². The van der Waals surface area contributed by atoms with E-state index in [0.717, 1.165) is 41.0 Å². The number of esters is 1. The average Bonchev–Trinajstić information content (AvgIpc) is 3.31. The van der Waals surface area contributed by atoms with Gasteiger partial charge in [-0.2, -0.15) is 13.2 Å². The number of aryl methyl sites for hydroxylation is 1. The Morgan fingerprint density at radius 2 is 2.00 bits per heavy atom. The summed E-state index contributed by atoms with van der Waals surface area (Å²) in [5.74, 6) is -0.318. The maximum Gasteiger partial charge on any atom is 0.425 e. The van der Waals surface area contributed by atoms with Gasteiger partial charge in [-0.3, -0.25) is 5.32 Å². The number of anilines is 1. The lowest BCUT2D eigenvalue weighted by Crippen LogP contribution is -2.30. The van der Waals surface area contributed by atoms with Crippen molar-refractivity contribution >= 4 is 39.7 Å². The molecule has 6 nitrogen and oxygen atoms in total. The van der Waals surface area contributed by atoms with Gasteiger partial charge in [-0.15, -0.1) is 22.7 Å². The van der Waals surface area contributed by atoms with Crippen molar-refractivity contribution in [3.05, 3.63) is 36.9 Å². The lowest BCUT2D eigenvalue weighted by molar-refractivity contribution is -0.135. The standard InChI is InChI=1S/C22H26F3N3O3S2/c1-3-31-20(29)17-16-11(2)5-4-6-14(16)33-19(17)28-21(30)27-9-13-12-7-8-26-10-15(12)32-18(13)22(23,24)25/h11,26H,3-10H2,1-2H3,(H2,27,28,30). The minimum atomic E-state index is -4.48. The highest BCUT2D eigenvalue weighted by Crippen LogP contribution is 2.44. The van der Waals surface area contributed by atoms with E-state index in [1.165, 1.54) is 11.3 Å². The molecule has 0 fully saturated rings. The second-order valence-electron chi connectivity index (χ2n) is 8.20. The molecule has 2 aromatic rings. The van der Waals surface area contributed by atoms with Crippen LogP contribution in [-0.4, -0.2) is 25.2 Å². The first-order chi connectivity index (χ1) is 15.7. The molecule has 3 N–H and O–H groups in total. The topological polar surface area (TPSA) is 79.5 Å². The quantitative estimate of drug-likeness (QED) is 0.479. The summed E-state index contributed by atoms with van der Waals surface area (Å²) >= 11 is 2.08. The van der Waals surface area contributed by atoms with Gasteiger partial charge in [0.25, 0.3) is 0 Å². The first-order valence-corrected chi connectivity index (χ1v) is 12.6. The van der Waals surface area contributed by atoms with E-state index in [0.29, 0.717) is 40.5 Å². The van der Waals surface area contributed by atoms with Gasteiger partial charge in [0, 0.05) is 22.8 Å². The van der Waals surface area contributed by atoms with Crippen LogP contribution >= 0.6 is 22.7 Å². The zero-order valence-corrected chi connectivity index (χ0v) is 20.0. The normalized spacial score (nSPS) is 17.8. The van der Waals surface area contributed by atoms with Crippen molar-refractivity contribution in [2.45, 2.75) is 64.7 Å². The number of rotatable bonds is 5. The molecular weight excluding hydrogens is 475 g/mol. The van der Waals surface area contributed by atoms with Crippen LogP contribution in [0.5, 0.6) is 0 Å². The first kappa shape index (κ1) is 24.0. The van der Waals surface area contributed by atoms with Crippen molar-refractivity contribution in [1.82, 2.24) is 10.6 Å². The van der Waals surface area contributed by atoms with Crippen LogP contribution in [0.25, 0.3) is 0 Å². The molecule has 0 bridgehead atoms. The average molecular weight is 502 g/mol. The van der Waals surface area contributed by atoms with E-state index in [1.807, 2.05) is 6.92 Å². The fraction of sp³-hybridized carbons (Fsp3) is 0.545. The summed E-state index contributed by atoms with van der Waals surface area (Å²) in [5, 5.41) is 8.75. The highest BCUT2D eigenvalue weighted by Gasteiger charge is 2.38. The largest absolute Gasteiger partial charge is 0.462 e. The summed E-state index contributed by atoms with van der Waals surface area (Å²) in [6.45, 7) is 4.74. The lowest BCUT2D eigenvalue weighted by Gasteiger charge is -2.19. The summed E-state index contributed by atoms with van der Waals surface area (Å²) in [7, 11) is 0. The number of nitrogens with one attached hydrogen (secondary N) is 3. The second kappa shape index (κ2) is 9.63. The van der Waals surface area contributed by atoms with E-state index >= 15 is 0 Å². The molecule has 2 amide bonds. The van der Waals surface area contributed by atoms with E-state index < -0.39 is 23.1 Å². The smallest absolute Gasteiger partial charge is 0.425 e. The van der Waals surface area contributed by atoms with Gasteiger partial charge in [0.15, 0.2) is 0 Å². The molecule has 0 saturated heterocycles. The number of carbonyl (C=O) groups is 2. The summed E-state index contributed by atoms with van der Waals surface area (Å²) in [5.41, 5.74) is 2.08. The minimum Gasteiger partial charge on any atom is -0.462 e. The summed E-state index contributed by atoms with van der Waals surface area (Å²) < 4.78 is 46.0. The van der Waals surface area contributed by atoms with Crippen LogP contribution in [0.2, 0.25) is 0 Å². The Morgan fingerprint density at radius 3 is 2.73 bits per heavy atom. The van der Waals surface area contributed by atoms with Gasteiger partial charge in [0.1, 0.15) is 9.88 Å². The molecule has 0 radical (unpaired) electrons. The lowest BCUT2D eigenvalue weighted by atomic mass is 9.86. The van der Waals surface area contributed by atoms with Crippen LogP contribution in [0.3, 0.4) is 0 Å². The number of ether oxygens (including phenoxy) is 1. The Bertz CT molecular complexity index is 1060. The van der Waals surface area contributed by atoms with Gasteiger partial charge in [-0.05, 0) is 61.8 Å². The zero-order chi connectivity index (χ0) is 23.8. The van der Waals surface area contributed by atoms with E-state index in [9.17, 15) is 22.8 Å². The number of hydrogen-bond donors (Lipinski definition) is 3. The molecule has 1 aliphatic carbocycles. The molecule has 1 aliphatic heterocycles. The molecule has 2 aliphatic rings. The molecule has 0 spiro atoms. The number of halogens is 3. The molecule has 1 atom stereocenters. The van der Waals surface area contributed by atoms with Crippen molar-refractivity contribution < 1.29 is 27.5 Å². The second-order valence-corrected chi connectivity index (χ2v) is 10.4. The predicted octanol–water partition coefficient (Wildman–Crippen LogP) is 5.41. The Morgan fingerprint density at radius 1 is 1.21 bits per heavy atom. The molecule has 4 rings (SSSR count). The van der Waals surface area contributed by atoms with Gasteiger partial charge in [-0.1, -0.05) is 6.92 Å². The van der Waals surface area contributed by atoms with Crippen LogP contribution in [-0.2, 0) is 36.8 Å². The zero-order valence-electron chi connectivity index (χ0n) is 18.4. The highest BCUT2D eigenvalue weighted by atomic mass is 32.1. The number of thiophene rings is 2. The number of hydrogen-bond acceptors (Lipinski definition) is 6. The maximum absolute atomic E-state index is 13.6. The number of alkyl halides is 3. The van der Waals surface area contributed by atoms with Gasteiger partial charge >= 0.3 is 18.2 Å². The fourth-order valence-corrected chi connectivity index (χ4v) is 7.09. The molecule has 2 aromatic heterocycles. The van der Waals surface area contributed by atoms with E-state index in [-0.39, 0.29) is 24.6 Å². The van der Waals surface area contributed by atoms with E-state index in [2.05, 4.69) is 16.0 Å². The van der Waals surface area contributed by atoms with Crippen molar-refractivity contribution in [3.63, 3.8) is 0 Å². The van der Waals surface area contributed by atoms with E-state index in [4.69, 9.17) is 4.74 Å². The van der Waals surface area contributed by atoms with Gasteiger partial charge in [-0.25, -0.2) is 9.59 Å². The van der Waals surface area contributed by atoms with Crippen LogP contribution in [0.4, 0.5) is 23.0 Å². The summed E-state index contributed by atoms with van der Waals surface area (Å²) in [4.78, 5) is 26.4. The summed E-state index contributed by atoms with van der Waals surface area (Å²) in [6, 6.07) is -0.645. The molecule has 33 heavy (non-hydrogen) atoms. The van der Waals surface area contributed by atoms with Crippen LogP contribution in [0.1, 0.15) is 74.3 Å². The number of carbonyl (C=O) groups excluding carboxylic acids is 2. The van der Waals surface area contributed by atoms with Gasteiger partial charge < -0.3 is 15.4 Å². The number of fused-ring (bicyclic) bond motifs is 2. The third kappa shape index (κ3) is 4.90.